The molecule has 0 saturated heterocycles. The largest absolute Gasteiger partial charge is 0.374 e. The molecule has 1 fully saturated rings. The van der Waals surface area contributed by atoms with Gasteiger partial charge in [0.2, 0.25) is 0 Å². The summed E-state index contributed by atoms with van der Waals surface area (Å²) in [5, 5.41) is 6.37. The fourth-order valence-corrected chi connectivity index (χ4v) is 2.89. The van der Waals surface area contributed by atoms with E-state index < -0.39 is 5.82 Å². The van der Waals surface area contributed by atoms with Crippen LogP contribution in [0, 0.1) is 11.7 Å². The van der Waals surface area contributed by atoms with Crippen molar-refractivity contribution in [3.8, 4) is 0 Å². The lowest BCUT2D eigenvalue weighted by atomic mass is 9.86. The van der Waals surface area contributed by atoms with Gasteiger partial charge >= 0.3 is 0 Å². The van der Waals surface area contributed by atoms with E-state index in [4.69, 9.17) is 12.2 Å². The minimum atomic E-state index is -0.392. The van der Waals surface area contributed by atoms with Gasteiger partial charge in [-0.3, -0.25) is 15.6 Å². The second-order valence-corrected chi connectivity index (χ2v) is 6.26. The van der Waals surface area contributed by atoms with Crippen LogP contribution in [0.2, 0.25) is 0 Å². The number of para-hydroxylation sites is 1. The lowest BCUT2D eigenvalue weighted by Crippen LogP contribution is -2.52. The second kappa shape index (κ2) is 8.67. The quantitative estimate of drug-likeness (QED) is 0.501. The number of carbonyl (C=O) groups excluding carboxylic acids is 1. The lowest BCUT2D eigenvalue weighted by molar-refractivity contribution is -0.119. The van der Waals surface area contributed by atoms with Crippen molar-refractivity contribution >= 4 is 28.9 Å². The fourth-order valence-electron chi connectivity index (χ4n) is 2.69. The zero-order valence-electron chi connectivity index (χ0n) is 13.2. The van der Waals surface area contributed by atoms with E-state index in [-0.39, 0.29) is 12.5 Å². The van der Waals surface area contributed by atoms with Gasteiger partial charge in [-0.2, -0.15) is 0 Å². The van der Waals surface area contributed by atoms with Gasteiger partial charge < -0.3 is 10.6 Å². The number of carbonyl (C=O) groups is 1. The Morgan fingerprint density at radius 3 is 2.74 bits per heavy atom. The van der Waals surface area contributed by atoms with Crippen LogP contribution in [0.1, 0.15) is 32.6 Å². The molecule has 1 aromatic rings. The fraction of sp³-hybridized carbons (Fsp3) is 0.500. The average Bonchev–Trinajstić information content (AvgIpc) is 2.54. The normalized spacial score (nSPS) is 20.4. The molecule has 126 valence electrons. The van der Waals surface area contributed by atoms with E-state index in [1.165, 1.54) is 25.3 Å². The highest BCUT2D eigenvalue weighted by molar-refractivity contribution is 7.80. The lowest BCUT2D eigenvalue weighted by Gasteiger charge is -2.30. The summed E-state index contributed by atoms with van der Waals surface area (Å²) in [5.41, 5.74) is 5.48. The van der Waals surface area contributed by atoms with Crippen molar-refractivity contribution in [2.45, 2.75) is 38.6 Å². The summed E-state index contributed by atoms with van der Waals surface area (Å²) in [6.45, 7) is 2.16. The summed E-state index contributed by atoms with van der Waals surface area (Å²) < 4.78 is 13.4. The van der Waals surface area contributed by atoms with Crippen molar-refractivity contribution in [3.05, 3.63) is 30.1 Å². The molecule has 0 aliphatic heterocycles. The highest BCUT2D eigenvalue weighted by Gasteiger charge is 2.21. The Labute approximate surface area is 141 Å². The third-order valence-corrected chi connectivity index (χ3v) is 4.28. The van der Waals surface area contributed by atoms with Gasteiger partial charge in [0.25, 0.3) is 5.91 Å². The molecule has 1 aliphatic carbocycles. The van der Waals surface area contributed by atoms with Crippen LogP contribution < -0.4 is 21.5 Å². The van der Waals surface area contributed by atoms with Gasteiger partial charge in [-0.25, -0.2) is 4.39 Å². The first-order chi connectivity index (χ1) is 11.1. The molecule has 0 aromatic heterocycles. The van der Waals surface area contributed by atoms with E-state index >= 15 is 0 Å². The summed E-state index contributed by atoms with van der Waals surface area (Å²) in [7, 11) is 0. The molecule has 2 rings (SSSR count). The molecule has 0 spiro atoms. The van der Waals surface area contributed by atoms with Gasteiger partial charge in [0, 0.05) is 6.04 Å². The molecule has 1 saturated carbocycles. The molecule has 2 unspecified atom stereocenters. The number of benzene rings is 1. The number of amides is 1. The summed E-state index contributed by atoms with van der Waals surface area (Å²) in [4.78, 5) is 11.7. The second-order valence-electron chi connectivity index (χ2n) is 5.85. The number of thiocarbonyl (C=S) groups is 1. The third kappa shape index (κ3) is 5.67. The van der Waals surface area contributed by atoms with Crippen LogP contribution in [0.4, 0.5) is 10.1 Å². The van der Waals surface area contributed by atoms with Gasteiger partial charge in [0.1, 0.15) is 5.82 Å². The molecule has 0 bridgehead atoms. The summed E-state index contributed by atoms with van der Waals surface area (Å²) >= 11 is 5.19. The SMILES string of the molecule is CC1CCCCC1NC(=S)NNC(=O)CNc1ccccc1F. The van der Waals surface area contributed by atoms with E-state index in [0.29, 0.717) is 22.8 Å². The predicted molar refractivity (Wildman–Crippen MR) is 93.3 cm³/mol. The molecule has 2 atom stereocenters. The number of rotatable bonds is 4. The molecule has 0 heterocycles. The number of hydrogen-bond acceptors (Lipinski definition) is 3. The highest BCUT2D eigenvalue weighted by Crippen LogP contribution is 2.23. The van der Waals surface area contributed by atoms with E-state index in [2.05, 4.69) is 28.4 Å². The summed E-state index contributed by atoms with van der Waals surface area (Å²) in [5.74, 6) is -0.146. The van der Waals surface area contributed by atoms with E-state index in [1.54, 1.807) is 18.2 Å². The van der Waals surface area contributed by atoms with Crippen LogP contribution in [0.25, 0.3) is 0 Å². The first-order valence-corrected chi connectivity index (χ1v) is 8.31. The van der Waals surface area contributed by atoms with Crippen molar-refractivity contribution < 1.29 is 9.18 Å². The van der Waals surface area contributed by atoms with E-state index in [1.807, 2.05) is 0 Å². The standard InChI is InChI=1S/C16H23FN4OS/c1-11-6-2-4-8-13(11)19-16(23)21-20-15(22)10-18-14-9-5-3-7-12(14)17/h3,5,7,9,11,13,18H,2,4,6,8,10H2,1H3,(H,20,22)(H2,19,21,23). The zero-order chi connectivity index (χ0) is 16.7. The number of hydrazine groups is 1. The highest BCUT2D eigenvalue weighted by atomic mass is 32.1. The Bertz CT molecular complexity index is 555. The third-order valence-electron chi connectivity index (χ3n) is 4.06. The number of halogens is 1. The van der Waals surface area contributed by atoms with Gasteiger partial charge in [0.05, 0.1) is 12.2 Å². The monoisotopic (exact) mass is 338 g/mol. The van der Waals surface area contributed by atoms with Crippen molar-refractivity contribution in [2.75, 3.05) is 11.9 Å². The maximum atomic E-state index is 13.4. The van der Waals surface area contributed by atoms with Gasteiger partial charge in [-0.1, -0.05) is 31.9 Å². The van der Waals surface area contributed by atoms with Gasteiger partial charge in [0.15, 0.2) is 5.11 Å². The first-order valence-electron chi connectivity index (χ1n) is 7.90. The molecule has 7 heteroatoms. The van der Waals surface area contributed by atoms with Crippen LogP contribution in [0.15, 0.2) is 24.3 Å². The first kappa shape index (κ1) is 17.5. The predicted octanol–water partition coefficient (Wildman–Crippen LogP) is 2.31. The number of nitrogens with one attached hydrogen (secondary N) is 4. The van der Waals surface area contributed by atoms with Crippen LogP contribution in [0.5, 0.6) is 0 Å². The molecule has 23 heavy (non-hydrogen) atoms. The average molecular weight is 338 g/mol. The number of hydrogen-bond donors (Lipinski definition) is 4. The minimum absolute atomic E-state index is 0.0453. The summed E-state index contributed by atoms with van der Waals surface area (Å²) in [6.07, 6.45) is 4.74. The van der Waals surface area contributed by atoms with Crippen molar-refractivity contribution in [1.29, 1.82) is 0 Å². The zero-order valence-corrected chi connectivity index (χ0v) is 14.0. The molecule has 4 N–H and O–H groups in total. The van der Waals surface area contributed by atoms with Crippen molar-refractivity contribution in [3.63, 3.8) is 0 Å². The molecule has 1 aliphatic rings. The Morgan fingerprint density at radius 2 is 2.00 bits per heavy atom. The Kier molecular flexibility index (Phi) is 6.58. The van der Waals surface area contributed by atoms with E-state index in [9.17, 15) is 9.18 Å². The van der Waals surface area contributed by atoms with Gasteiger partial charge in [-0.05, 0) is 43.1 Å². The molecular formula is C16H23FN4OS. The van der Waals surface area contributed by atoms with Crippen LogP contribution >= 0.6 is 12.2 Å². The molecule has 1 amide bonds. The van der Waals surface area contributed by atoms with E-state index in [0.717, 1.165) is 6.42 Å². The van der Waals surface area contributed by atoms with Gasteiger partial charge in [-0.15, -0.1) is 0 Å². The minimum Gasteiger partial charge on any atom is -0.374 e. The molecular weight excluding hydrogens is 315 g/mol. The van der Waals surface area contributed by atoms with Crippen LogP contribution in [-0.2, 0) is 4.79 Å². The smallest absolute Gasteiger partial charge is 0.257 e. The molecule has 5 nitrogen and oxygen atoms in total. The van der Waals surface area contributed by atoms with Crippen molar-refractivity contribution in [2.24, 2.45) is 5.92 Å². The maximum absolute atomic E-state index is 13.4. The maximum Gasteiger partial charge on any atom is 0.257 e. The topological polar surface area (TPSA) is 65.2 Å². The molecule has 1 aromatic carbocycles. The number of anilines is 1. The Hall–Kier alpha value is -1.89. The Balaban J connectivity index is 1.67. The van der Waals surface area contributed by atoms with Crippen molar-refractivity contribution in [1.82, 2.24) is 16.2 Å². The Morgan fingerprint density at radius 1 is 1.26 bits per heavy atom. The van der Waals surface area contributed by atoms with Crippen LogP contribution in [0.3, 0.4) is 0 Å². The van der Waals surface area contributed by atoms with Crippen LogP contribution in [-0.4, -0.2) is 23.6 Å². The summed E-state index contributed by atoms with van der Waals surface area (Å²) in [6, 6.07) is 6.55. The molecule has 0 radical (unpaired) electrons.